The van der Waals surface area contributed by atoms with E-state index in [9.17, 15) is 14.4 Å². The molecule has 4 bridgehead atoms. The van der Waals surface area contributed by atoms with Gasteiger partial charge >= 0.3 is 17.9 Å². The molecule has 6 rings (SSSR count). The lowest BCUT2D eigenvalue weighted by Gasteiger charge is -2.45. The van der Waals surface area contributed by atoms with Gasteiger partial charge in [0.25, 0.3) is 0 Å². The second kappa shape index (κ2) is 8.24. The minimum absolute atomic E-state index is 0.0635. The van der Waals surface area contributed by atoms with Crippen LogP contribution in [-0.4, -0.2) is 60.3 Å². The van der Waals surface area contributed by atoms with Crippen LogP contribution >= 0.6 is 0 Å². The number of hydrogen-bond acceptors (Lipinski definition) is 7. The van der Waals surface area contributed by atoms with Crippen LogP contribution < -0.4 is 0 Å². The third kappa shape index (κ3) is 3.60. The molecular weight excluding hydrogens is 422 g/mol. The zero-order valence-electron chi connectivity index (χ0n) is 19.7. The fourth-order valence-electron chi connectivity index (χ4n) is 8.85. The van der Waals surface area contributed by atoms with Crippen LogP contribution in [0.2, 0.25) is 0 Å². The molecule has 182 valence electrons. The average molecular weight is 460 g/mol. The van der Waals surface area contributed by atoms with Gasteiger partial charge in [-0.05, 0) is 94.0 Å². The Morgan fingerprint density at radius 2 is 1.79 bits per heavy atom. The van der Waals surface area contributed by atoms with Crippen molar-refractivity contribution in [3.8, 4) is 0 Å². The number of cyclic esters (lactones) is 1. The first-order valence-corrected chi connectivity index (χ1v) is 13.3. The molecule has 0 aromatic rings. The second-order valence-electron chi connectivity index (χ2n) is 11.6. The first kappa shape index (κ1) is 21.9. The molecular formula is C26H37NO6. The van der Waals surface area contributed by atoms with Crippen LogP contribution in [0, 0.1) is 35.5 Å². The molecule has 0 aromatic heterocycles. The Bertz CT molecular complexity index is 824. The number of piperidine rings is 1. The standard InChI is InChI=1S/C26H37NO6/c1-2-26(13-17-11-18(26)23-16-7-6-15(10-16)22(17)23)33-25(30)20-12-19(24(29)32-20)31-21(28)14-27-8-4-3-5-9-27/h15-20,22-23H,2-14H2,1H3. The van der Waals surface area contributed by atoms with Crippen LogP contribution in [0.4, 0.5) is 0 Å². The normalized spacial score (nSPS) is 45.8. The third-order valence-corrected chi connectivity index (χ3v) is 10.1. The molecule has 9 atom stereocenters. The van der Waals surface area contributed by atoms with E-state index in [4.69, 9.17) is 14.2 Å². The SMILES string of the molecule is CCC1(OC(=O)C2CC(OC(=O)CN3CCCCC3)C(=O)O2)CC2CC1C1C3CCC(C3)C21. The molecule has 0 radical (unpaired) electrons. The van der Waals surface area contributed by atoms with Crippen LogP contribution in [0.3, 0.4) is 0 Å². The molecule has 6 aliphatic rings. The van der Waals surface area contributed by atoms with Gasteiger partial charge in [-0.1, -0.05) is 13.3 Å². The topological polar surface area (TPSA) is 82.1 Å². The van der Waals surface area contributed by atoms with Crippen molar-refractivity contribution in [1.82, 2.24) is 4.90 Å². The highest BCUT2D eigenvalue weighted by Gasteiger charge is 2.68. The zero-order valence-corrected chi connectivity index (χ0v) is 19.7. The summed E-state index contributed by atoms with van der Waals surface area (Å²) in [7, 11) is 0. The molecule has 7 nitrogen and oxygen atoms in total. The van der Waals surface area contributed by atoms with E-state index in [-0.39, 0.29) is 13.0 Å². The van der Waals surface area contributed by atoms with Crippen molar-refractivity contribution < 1.29 is 28.6 Å². The number of esters is 3. The predicted octanol–water partition coefficient (Wildman–Crippen LogP) is 3.09. The summed E-state index contributed by atoms with van der Waals surface area (Å²) < 4.78 is 17.0. The first-order valence-electron chi connectivity index (χ1n) is 13.3. The molecule has 4 aliphatic carbocycles. The minimum atomic E-state index is -1.01. The largest absolute Gasteiger partial charge is 0.456 e. The summed E-state index contributed by atoms with van der Waals surface area (Å²) in [5.74, 6) is 2.90. The monoisotopic (exact) mass is 459 g/mol. The number of likely N-dealkylation sites (tertiary alicyclic amines) is 1. The van der Waals surface area contributed by atoms with E-state index in [2.05, 4.69) is 11.8 Å². The van der Waals surface area contributed by atoms with Crippen molar-refractivity contribution in [2.75, 3.05) is 19.6 Å². The molecule has 0 N–H and O–H groups in total. The molecule has 7 heteroatoms. The van der Waals surface area contributed by atoms with Crippen LogP contribution in [0.15, 0.2) is 0 Å². The van der Waals surface area contributed by atoms with Crippen molar-refractivity contribution >= 4 is 17.9 Å². The van der Waals surface area contributed by atoms with Crippen molar-refractivity contribution in [2.45, 2.75) is 88.9 Å². The number of fused-ring (bicyclic) bond motifs is 9. The average Bonchev–Trinajstić information content (AvgIpc) is 3.61. The van der Waals surface area contributed by atoms with E-state index >= 15 is 0 Å². The van der Waals surface area contributed by atoms with E-state index in [1.54, 1.807) is 0 Å². The van der Waals surface area contributed by atoms with E-state index in [1.165, 1.54) is 32.1 Å². The molecule has 0 aromatic carbocycles. The Kier molecular flexibility index (Phi) is 5.46. The summed E-state index contributed by atoms with van der Waals surface area (Å²) in [5.41, 5.74) is -0.414. The maximum absolute atomic E-state index is 13.1. The van der Waals surface area contributed by atoms with Gasteiger partial charge in [0.2, 0.25) is 12.2 Å². The lowest BCUT2D eigenvalue weighted by atomic mass is 9.65. The molecule has 9 unspecified atom stereocenters. The molecule has 4 saturated carbocycles. The summed E-state index contributed by atoms with van der Waals surface area (Å²) in [6, 6.07) is 0. The van der Waals surface area contributed by atoms with Crippen molar-refractivity contribution in [3.05, 3.63) is 0 Å². The molecule has 0 spiro atoms. The number of nitrogens with zero attached hydrogens (tertiary/aromatic N) is 1. The number of hydrogen-bond donors (Lipinski definition) is 0. The third-order valence-electron chi connectivity index (χ3n) is 10.1. The number of rotatable bonds is 6. The Labute approximate surface area is 195 Å². The number of ether oxygens (including phenoxy) is 3. The molecule has 6 fully saturated rings. The van der Waals surface area contributed by atoms with Gasteiger partial charge in [-0.3, -0.25) is 9.69 Å². The first-order chi connectivity index (χ1) is 16.0. The van der Waals surface area contributed by atoms with Gasteiger partial charge in [0.15, 0.2) is 0 Å². The predicted molar refractivity (Wildman–Crippen MR) is 118 cm³/mol. The van der Waals surface area contributed by atoms with Gasteiger partial charge in [-0.15, -0.1) is 0 Å². The summed E-state index contributed by atoms with van der Waals surface area (Å²) in [4.78, 5) is 39.9. The highest BCUT2D eigenvalue weighted by atomic mass is 16.6. The van der Waals surface area contributed by atoms with Gasteiger partial charge in [-0.25, -0.2) is 9.59 Å². The Balaban J connectivity index is 1.06. The van der Waals surface area contributed by atoms with Crippen molar-refractivity contribution in [3.63, 3.8) is 0 Å². The van der Waals surface area contributed by atoms with Crippen molar-refractivity contribution in [1.29, 1.82) is 0 Å². The van der Waals surface area contributed by atoms with E-state index in [1.807, 2.05) is 0 Å². The molecule has 0 amide bonds. The van der Waals surface area contributed by atoms with E-state index in [0.717, 1.165) is 56.5 Å². The summed E-state index contributed by atoms with van der Waals surface area (Å²) in [6.45, 7) is 4.07. The second-order valence-corrected chi connectivity index (χ2v) is 11.6. The van der Waals surface area contributed by atoms with Gasteiger partial charge in [-0.2, -0.15) is 0 Å². The lowest BCUT2D eigenvalue weighted by molar-refractivity contribution is -0.185. The zero-order chi connectivity index (χ0) is 22.7. The maximum atomic E-state index is 13.1. The van der Waals surface area contributed by atoms with E-state index < -0.39 is 35.7 Å². The molecule has 33 heavy (non-hydrogen) atoms. The Morgan fingerprint density at radius 1 is 1.03 bits per heavy atom. The van der Waals surface area contributed by atoms with Gasteiger partial charge < -0.3 is 14.2 Å². The summed E-state index contributed by atoms with van der Waals surface area (Å²) in [6.07, 6.45) is 8.50. The van der Waals surface area contributed by atoms with Crippen LogP contribution in [0.5, 0.6) is 0 Å². The smallest absolute Gasteiger partial charge is 0.348 e. The summed E-state index contributed by atoms with van der Waals surface area (Å²) in [5, 5.41) is 0. The highest BCUT2D eigenvalue weighted by Crippen LogP contribution is 2.70. The van der Waals surface area contributed by atoms with Crippen LogP contribution in [0.25, 0.3) is 0 Å². The van der Waals surface area contributed by atoms with Gasteiger partial charge in [0, 0.05) is 12.3 Å². The highest BCUT2D eigenvalue weighted by molar-refractivity contribution is 5.87. The molecule has 2 heterocycles. The quantitative estimate of drug-likeness (QED) is 0.343. The maximum Gasteiger partial charge on any atom is 0.348 e. The number of carbonyl (C=O) groups excluding carboxylic acids is 3. The van der Waals surface area contributed by atoms with E-state index in [0.29, 0.717) is 17.8 Å². The van der Waals surface area contributed by atoms with Gasteiger partial charge in [0.05, 0.1) is 6.54 Å². The fraction of sp³-hybridized carbons (Fsp3) is 0.885. The summed E-state index contributed by atoms with van der Waals surface area (Å²) >= 11 is 0. The van der Waals surface area contributed by atoms with Crippen molar-refractivity contribution in [2.24, 2.45) is 35.5 Å². The molecule has 2 aliphatic heterocycles. The van der Waals surface area contributed by atoms with Crippen LogP contribution in [0.1, 0.15) is 71.1 Å². The lowest BCUT2D eigenvalue weighted by Crippen LogP contribution is -2.48. The number of carbonyl (C=O) groups is 3. The fourth-order valence-corrected chi connectivity index (χ4v) is 8.85. The van der Waals surface area contributed by atoms with Gasteiger partial charge in [0.1, 0.15) is 5.60 Å². The minimum Gasteiger partial charge on any atom is -0.456 e. The molecule has 2 saturated heterocycles. The Hall–Kier alpha value is -1.63. The Morgan fingerprint density at radius 3 is 2.55 bits per heavy atom. The van der Waals surface area contributed by atoms with Crippen LogP contribution in [-0.2, 0) is 28.6 Å².